The monoisotopic (exact) mass is 356 g/mol. The molecule has 5 atom stereocenters. The van der Waals surface area contributed by atoms with Crippen molar-refractivity contribution in [2.75, 3.05) is 26.8 Å². The Morgan fingerprint density at radius 2 is 2.15 bits per heavy atom. The van der Waals surface area contributed by atoms with Crippen LogP contribution in [0.25, 0.3) is 10.9 Å². The number of para-hydroxylation sites is 1. The highest BCUT2D eigenvalue weighted by Gasteiger charge is 2.65. The van der Waals surface area contributed by atoms with E-state index in [1.165, 1.54) is 11.3 Å². The van der Waals surface area contributed by atoms with Gasteiger partial charge in [0, 0.05) is 30.8 Å². The van der Waals surface area contributed by atoms with Gasteiger partial charge in [0.1, 0.15) is 11.9 Å². The number of hydrogen-bond acceptors (Lipinski definition) is 5. The summed E-state index contributed by atoms with van der Waals surface area (Å²) in [6.45, 7) is 2.64. The third-order valence-corrected chi connectivity index (χ3v) is 7.37. The van der Waals surface area contributed by atoms with Crippen molar-refractivity contribution in [3.8, 4) is 5.75 Å². The van der Waals surface area contributed by atoms with Crippen LogP contribution < -0.4 is 4.74 Å². The fourth-order valence-corrected chi connectivity index (χ4v) is 6.37. The quantitative estimate of drug-likeness (QED) is 0.812. The molecule has 5 heterocycles. The molecule has 26 heavy (non-hydrogen) atoms. The molecule has 4 aliphatic rings. The van der Waals surface area contributed by atoms with Gasteiger partial charge in [-0.15, -0.1) is 0 Å². The van der Waals surface area contributed by atoms with Crippen LogP contribution in [0, 0.1) is 5.41 Å². The van der Waals surface area contributed by atoms with Crippen LogP contribution in [0.4, 0.5) is 0 Å². The van der Waals surface area contributed by atoms with Gasteiger partial charge in [0.05, 0.1) is 30.2 Å². The summed E-state index contributed by atoms with van der Waals surface area (Å²) >= 11 is 0. The Labute approximate surface area is 151 Å². The second-order valence-electron chi connectivity index (χ2n) is 8.15. The number of nitrogens with zero attached hydrogens (tertiary/aromatic N) is 2. The molecule has 2 fully saturated rings. The number of hydrogen-bond donors (Lipinski definition) is 2. The van der Waals surface area contributed by atoms with Gasteiger partial charge in [-0.3, -0.25) is 4.90 Å². The van der Waals surface area contributed by atoms with Gasteiger partial charge in [0.25, 0.3) is 0 Å². The Kier molecular flexibility index (Phi) is 2.98. The van der Waals surface area contributed by atoms with Gasteiger partial charge < -0.3 is 24.3 Å². The van der Waals surface area contributed by atoms with Crippen LogP contribution in [-0.2, 0) is 11.2 Å². The molecule has 2 saturated heterocycles. The Hall–Kier alpha value is -1.60. The zero-order valence-corrected chi connectivity index (χ0v) is 14.9. The SMILES string of the molecule is COc1cccc2c3c4n(c12)[C@H](O)[C@H](O)[C@]12CCO[C@H]1CCN(CC3)[C@H]42. The van der Waals surface area contributed by atoms with E-state index in [9.17, 15) is 10.2 Å². The smallest absolute Gasteiger partial charge is 0.158 e. The molecule has 4 aliphatic heterocycles. The molecule has 138 valence electrons. The van der Waals surface area contributed by atoms with Crippen LogP contribution in [0.1, 0.15) is 36.4 Å². The molecular weight excluding hydrogens is 332 g/mol. The molecule has 0 radical (unpaired) electrons. The van der Waals surface area contributed by atoms with Gasteiger partial charge in [-0.1, -0.05) is 12.1 Å². The zero-order valence-electron chi connectivity index (χ0n) is 14.9. The Balaban J connectivity index is 1.72. The van der Waals surface area contributed by atoms with Crippen LogP contribution in [0.5, 0.6) is 5.75 Å². The van der Waals surface area contributed by atoms with E-state index in [2.05, 4.69) is 11.0 Å². The molecule has 2 aromatic rings. The van der Waals surface area contributed by atoms with Gasteiger partial charge in [-0.05, 0) is 30.9 Å². The van der Waals surface area contributed by atoms with Gasteiger partial charge in [0.2, 0.25) is 0 Å². The number of ether oxygens (including phenoxy) is 2. The number of methoxy groups -OCH3 is 1. The minimum Gasteiger partial charge on any atom is -0.495 e. The average molecular weight is 356 g/mol. The van der Waals surface area contributed by atoms with Crippen LogP contribution in [-0.4, -0.2) is 58.7 Å². The number of aliphatic hydroxyl groups is 2. The highest BCUT2D eigenvalue weighted by molar-refractivity contribution is 5.91. The minimum atomic E-state index is -0.976. The third kappa shape index (κ3) is 1.55. The van der Waals surface area contributed by atoms with Crippen molar-refractivity contribution in [1.82, 2.24) is 9.47 Å². The van der Waals surface area contributed by atoms with E-state index in [1.54, 1.807) is 7.11 Å². The van der Waals surface area contributed by atoms with Gasteiger partial charge in [0.15, 0.2) is 6.23 Å². The van der Waals surface area contributed by atoms with E-state index in [0.717, 1.165) is 49.0 Å². The molecule has 0 aliphatic carbocycles. The van der Waals surface area contributed by atoms with Gasteiger partial charge >= 0.3 is 0 Å². The van der Waals surface area contributed by atoms with Crippen LogP contribution in [0.2, 0.25) is 0 Å². The van der Waals surface area contributed by atoms with Crippen molar-refractivity contribution in [2.24, 2.45) is 5.41 Å². The molecular formula is C20H24N2O4. The summed E-state index contributed by atoms with van der Waals surface area (Å²) in [5, 5.41) is 23.7. The summed E-state index contributed by atoms with van der Waals surface area (Å²) in [6, 6.07) is 6.16. The number of fused-ring (bicyclic) bond motifs is 3. The van der Waals surface area contributed by atoms with Gasteiger partial charge in [-0.2, -0.15) is 0 Å². The lowest BCUT2D eigenvalue weighted by atomic mass is 9.62. The molecule has 0 amide bonds. The number of rotatable bonds is 1. The lowest BCUT2D eigenvalue weighted by Crippen LogP contribution is -2.63. The van der Waals surface area contributed by atoms with Crippen molar-refractivity contribution >= 4 is 10.9 Å². The highest BCUT2D eigenvalue weighted by atomic mass is 16.5. The topological polar surface area (TPSA) is 67.1 Å². The number of piperidine rings is 1. The van der Waals surface area contributed by atoms with E-state index >= 15 is 0 Å². The van der Waals surface area contributed by atoms with E-state index < -0.39 is 17.7 Å². The first kappa shape index (κ1) is 15.5. The van der Waals surface area contributed by atoms with Crippen molar-refractivity contribution < 1.29 is 19.7 Å². The Bertz CT molecular complexity index is 909. The first-order valence-electron chi connectivity index (χ1n) is 9.60. The van der Waals surface area contributed by atoms with E-state index in [1.807, 2.05) is 16.7 Å². The second kappa shape index (κ2) is 5.01. The van der Waals surface area contributed by atoms with Crippen molar-refractivity contribution in [3.05, 3.63) is 29.5 Å². The molecule has 0 bridgehead atoms. The third-order valence-electron chi connectivity index (χ3n) is 7.37. The van der Waals surface area contributed by atoms with Gasteiger partial charge in [-0.25, -0.2) is 0 Å². The van der Waals surface area contributed by atoms with E-state index in [0.29, 0.717) is 6.61 Å². The summed E-state index contributed by atoms with van der Waals surface area (Å²) in [5.74, 6) is 0.751. The summed E-state index contributed by atoms with van der Waals surface area (Å²) < 4.78 is 13.6. The predicted octanol–water partition coefficient (Wildman–Crippen LogP) is 1.59. The Morgan fingerprint density at radius 3 is 3.00 bits per heavy atom. The van der Waals surface area contributed by atoms with Crippen molar-refractivity contribution in [2.45, 2.75) is 43.7 Å². The minimum absolute atomic E-state index is 0.0213. The van der Waals surface area contributed by atoms with E-state index in [4.69, 9.17) is 9.47 Å². The average Bonchev–Trinajstić information content (AvgIpc) is 3.25. The largest absolute Gasteiger partial charge is 0.495 e. The summed E-state index contributed by atoms with van der Waals surface area (Å²) in [5.41, 5.74) is 2.97. The maximum absolute atomic E-state index is 11.3. The molecule has 1 spiro atoms. The standard InChI is InChI=1S/C20H24N2O4/c1-25-13-4-2-3-11-12-5-8-21-9-6-14-20(7-10-26-14)17(21)16(12)22(15(11)13)19(24)18(20)23/h2-4,14,17-19,23-24H,5-10H2,1H3/t14-,17+,18-,19+,20+/m0/s1. The second-order valence-corrected chi connectivity index (χ2v) is 8.15. The molecule has 0 saturated carbocycles. The first-order chi connectivity index (χ1) is 12.7. The summed E-state index contributed by atoms with van der Waals surface area (Å²) in [7, 11) is 1.66. The molecule has 1 aromatic carbocycles. The van der Waals surface area contributed by atoms with Crippen LogP contribution in [0.15, 0.2) is 18.2 Å². The number of aliphatic hydroxyl groups excluding tert-OH is 2. The predicted molar refractivity (Wildman–Crippen MR) is 95.2 cm³/mol. The van der Waals surface area contributed by atoms with E-state index in [-0.39, 0.29) is 12.1 Å². The summed E-state index contributed by atoms with van der Waals surface area (Å²) in [6.07, 6.45) is 0.896. The molecule has 6 heteroatoms. The molecule has 6 rings (SSSR count). The normalized spacial score (nSPS) is 38.3. The summed E-state index contributed by atoms with van der Waals surface area (Å²) in [4.78, 5) is 2.50. The molecule has 1 aromatic heterocycles. The first-order valence-corrected chi connectivity index (χ1v) is 9.60. The fraction of sp³-hybridized carbons (Fsp3) is 0.600. The molecule has 0 unspecified atom stereocenters. The maximum Gasteiger partial charge on any atom is 0.158 e. The van der Waals surface area contributed by atoms with Crippen LogP contribution >= 0.6 is 0 Å². The maximum atomic E-state index is 11.3. The van der Waals surface area contributed by atoms with Crippen molar-refractivity contribution in [1.29, 1.82) is 0 Å². The fourth-order valence-electron chi connectivity index (χ4n) is 6.37. The lowest BCUT2D eigenvalue weighted by Gasteiger charge is -2.58. The molecule has 6 nitrogen and oxygen atoms in total. The number of aromatic nitrogens is 1. The highest BCUT2D eigenvalue weighted by Crippen LogP contribution is 2.62. The van der Waals surface area contributed by atoms with Crippen LogP contribution in [0.3, 0.4) is 0 Å². The lowest BCUT2D eigenvalue weighted by molar-refractivity contribution is -0.193. The Morgan fingerprint density at radius 1 is 1.27 bits per heavy atom. The zero-order chi connectivity index (χ0) is 17.6. The number of benzene rings is 1. The molecule has 2 N–H and O–H groups in total. The van der Waals surface area contributed by atoms with Crippen molar-refractivity contribution in [3.63, 3.8) is 0 Å².